The molecular weight excluding hydrogens is 269 g/mol. The molecule has 0 aromatic heterocycles. The number of nitrogens with one attached hydrogen (secondary N) is 1. The summed E-state index contributed by atoms with van der Waals surface area (Å²) in [5.41, 5.74) is -4.21. The van der Waals surface area contributed by atoms with Crippen LogP contribution in [0.2, 0.25) is 0 Å². The Balaban J connectivity index is 2.66. The predicted octanol–water partition coefficient (Wildman–Crippen LogP) is 2.83. The Morgan fingerprint density at radius 2 is 1.84 bits per heavy atom. The number of amides is 1. The van der Waals surface area contributed by atoms with Gasteiger partial charge in [0.2, 0.25) is 5.91 Å². The quantitative estimate of drug-likeness (QED) is 0.829. The van der Waals surface area contributed by atoms with Crippen molar-refractivity contribution in [2.45, 2.75) is 30.7 Å². The molecule has 1 N–H and O–H groups in total. The van der Waals surface area contributed by atoms with E-state index in [1.807, 2.05) is 0 Å². The van der Waals surface area contributed by atoms with Crippen LogP contribution in [0.3, 0.4) is 0 Å². The van der Waals surface area contributed by atoms with Gasteiger partial charge in [-0.05, 0) is 6.07 Å². The van der Waals surface area contributed by atoms with Crippen LogP contribution >= 0.6 is 0 Å². The van der Waals surface area contributed by atoms with Crippen LogP contribution in [0.25, 0.3) is 0 Å². The minimum atomic E-state index is -3.93. The zero-order valence-corrected chi connectivity index (χ0v) is 9.60. The highest BCUT2D eigenvalue weighted by atomic mass is 19.3. The van der Waals surface area contributed by atoms with E-state index >= 15 is 0 Å². The van der Waals surface area contributed by atoms with Gasteiger partial charge in [-0.3, -0.25) is 4.79 Å². The zero-order valence-electron chi connectivity index (χ0n) is 9.60. The largest absolute Gasteiger partial charge is 0.336 e. The summed E-state index contributed by atoms with van der Waals surface area (Å²) < 4.78 is 68.0. The summed E-state index contributed by atoms with van der Waals surface area (Å²) in [5.74, 6) is -6.09. The smallest absolute Gasteiger partial charge is 0.281 e. The first-order chi connectivity index (χ1) is 8.81. The second-order valence-corrected chi connectivity index (χ2v) is 4.34. The van der Waals surface area contributed by atoms with E-state index in [2.05, 4.69) is 0 Å². The number of halogens is 5. The molecule has 1 heterocycles. The number of alkyl halides is 4. The molecule has 1 aromatic rings. The average Bonchev–Trinajstić information content (AvgIpc) is 2.33. The molecule has 0 aliphatic carbocycles. The standard InChI is InChI=1S/C12H10F5NO/c13-8-4-2-1-3-7(8)12(10(14)15)11(16,17)6-5-9(19)18-12/h1-4,10H,5-6H2,(H,18,19)/t12-/m0/s1. The lowest BCUT2D eigenvalue weighted by atomic mass is 9.78. The summed E-state index contributed by atoms with van der Waals surface area (Å²) >= 11 is 0. The van der Waals surface area contributed by atoms with Gasteiger partial charge >= 0.3 is 0 Å². The number of carbonyl (C=O) groups is 1. The van der Waals surface area contributed by atoms with Crippen LogP contribution in [0.15, 0.2) is 24.3 Å². The number of rotatable bonds is 2. The molecule has 0 saturated carbocycles. The third kappa shape index (κ3) is 1.97. The van der Waals surface area contributed by atoms with Crippen molar-refractivity contribution in [3.05, 3.63) is 35.6 Å². The van der Waals surface area contributed by atoms with E-state index < -0.39 is 48.0 Å². The maximum atomic E-state index is 14.0. The van der Waals surface area contributed by atoms with Gasteiger partial charge in [0.25, 0.3) is 12.3 Å². The number of carbonyl (C=O) groups excluding carboxylic acids is 1. The van der Waals surface area contributed by atoms with E-state index in [1.54, 1.807) is 5.32 Å². The molecule has 1 aromatic carbocycles. The fourth-order valence-corrected chi connectivity index (χ4v) is 2.22. The van der Waals surface area contributed by atoms with Crippen molar-refractivity contribution in [3.63, 3.8) is 0 Å². The monoisotopic (exact) mass is 279 g/mol. The molecule has 1 amide bonds. The third-order valence-corrected chi connectivity index (χ3v) is 3.21. The van der Waals surface area contributed by atoms with Crippen LogP contribution in [0.1, 0.15) is 18.4 Å². The van der Waals surface area contributed by atoms with Crippen LogP contribution < -0.4 is 5.32 Å². The summed E-state index contributed by atoms with van der Waals surface area (Å²) in [6, 6.07) is 4.00. The molecule has 2 rings (SSSR count). The number of hydrogen-bond donors (Lipinski definition) is 1. The van der Waals surface area contributed by atoms with E-state index in [4.69, 9.17) is 0 Å². The molecule has 1 aliphatic rings. The Hall–Kier alpha value is -1.66. The molecule has 1 atom stereocenters. The molecule has 1 aliphatic heterocycles. The molecule has 7 heteroatoms. The van der Waals surface area contributed by atoms with E-state index in [9.17, 15) is 26.7 Å². The van der Waals surface area contributed by atoms with E-state index in [0.717, 1.165) is 12.1 Å². The molecule has 0 bridgehead atoms. The van der Waals surface area contributed by atoms with Crippen LogP contribution in [0.4, 0.5) is 22.0 Å². The van der Waals surface area contributed by atoms with Gasteiger partial charge in [-0.15, -0.1) is 0 Å². The summed E-state index contributed by atoms with van der Waals surface area (Å²) in [6.45, 7) is 0. The maximum absolute atomic E-state index is 14.0. The summed E-state index contributed by atoms with van der Waals surface area (Å²) in [4.78, 5) is 11.3. The third-order valence-electron chi connectivity index (χ3n) is 3.21. The van der Waals surface area contributed by atoms with Crippen LogP contribution in [-0.2, 0) is 10.3 Å². The number of benzene rings is 1. The second kappa shape index (κ2) is 4.47. The molecule has 1 fully saturated rings. The highest BCUT2D eigenvalue weighted by molar-refractivity contribution is 5.78. The van der Waals surface area contributed by atoms with E-state index in [0.29, 0.717) is 0 Å². The Kier molecular flexibility index (Phi) is 3.24. The Labute approximate surface area is 105 Å². The van der Waals surface area contributed by atoms with E-state index in [-0.39, 0.29) is 0 Å². The Morgan fingerprint density at radius 1 is 1.21 bits per heavy atom. The lowest BCUT2D eigenvalue weighted by Gasteiger charge is -2.43. The van der Waals surface area contributed by atoms with Crippen LogP contribution in [0.5, 0.6) is 0 Å². The summed E-state index contributed by atoms with van der Waals surface area (Å²) in [7, 11) is 0. The van der Waals surface area contributed by atoms with Gasteiger partial charge in [-0.1, -0.05) is 18.2 Å². The van der Waals surface area contributed by atoms with Gasteiger partial charge in [-0.2, -0.15) is 0 Å². The summed E-state index contributed by atoms with van der Waals surface area (Å²) in [5, 5.41) is 1.60. The lowest BCUT2D eigenvalue weighted by molar-refractivity contribution is -0.183. The van der Waals surface area contributed by atoms with Crippen molar-refractivity contribution in [1.82, 2.24) is 5.32 Å². The summed E-state index contributed by atoms with van der Waals surface area (Å²) in [6.07, 6.45) is -5.25. The zero-order chi connectivity index (χ0) is 14.3. The molecule has 0 unspecified atom stereocenters. The van der Waals surface area contributed by atoms with E-state index in [1.165, 1.54) is 12.1 Å². The van der Waals surface area contributed by atoms with Gasteiger partial charge in [0.15, 0.2) is 5.54 Å². The minimum Gasteiger partial charge on any atom is -0.336 e. The molecule has 104 valence electrons. The molecular formula is C12H10F5NO. The van der Waals surface area contributed by atoms with Crippen molar-refractivity contribution >= 4 is 5.91 Å². The Morgan fingerprint density at radius 3 is 2.42 bits per heavy atom. The SMILES string of the molecule is O=C1CCC(F)(F)[C@](c2ccccc2F)(C(F)F)N1. The van der Waals surface area contributed by atoms with Crippen LogP contribution in [-0.4, -0.2) is 18.3 Å². The lowest BCUT2D eigenvalue weighted by Crippen LogP contribution is -2.65. The van der Waals surface area contributed by atoms with Crippen molar-refractivity contribution in [2.75, 3.05) is 0 Å². The predicted molar refractivity (Wildman–Crippen MR) is 56.4 cm³/mol. The number of hydrogen-bond acceptors (Lipinski definition) is 1. The topological polar surface area (TPSA) is 29.1 Å². The highest BCUT2D eigenvalue weighted by Gasteiger charge is 2.64. The fourth-order valence-electron chi connectivity index (χ4n) is 2.22. The van der Waals surface area contributed by atoms with Crippen molar-refractivity contribution in [3.8, 4) is 0 Å². The molecule has 1 saturated heterocycles. The number of piperidine rings is 1. The van der Waals surface area contributed by atoms with Crippen molar-refractivity contribution < 1.29 is 26.7 Å². The minimum absolute atomic E-state index is 0.573. The average molecular weight is 279 g/mol. The van der Waals surface area contributed by atoms with Gasteiger partial charge < -0.3 is 5.32 Å². The Bertz CT molecular complexity index is 505. The highest BCUT2D eigenvalue weighted by Crippen LogP contribution is 2.48. The normalized spacial score (nSPS) is 26.3. The molecule has 0 spiro atoms. The first-order valence-corrected chi connectivity index (χ1v) is 5.53. The van der Waals surface area contributed by atoms with Crippen LogP contribution in [0, 0.1) is 5.82 Å². The first kappa shape index (κ1) is 13.8. The van der Waals surface area contributed by atoms with Crippen molar-refractivity contribution in [1.29, 1.82) is 0 Å². The maximum Gasteiger partial charge on any atom is 0.281 e. The molecule has 19 heavy (non-hydrogen) atoms. The first-order valence-electron chi connectivity index (χ1n) is 5.53. The van der Waals surface area contributed by atoms with Gasteiger partial charge in [0.1, 0.15) is 5.82 Å². The van der Waals surface area contributed by atoms with Gasteiger partial charge in [0.05, 0.1) is 0 Å². The fraction of sp³-hybridized carbons (Fsp3) is 0.417. The molecule has 2 nitrogen and oxygen atoms in total. The van der Waals surface area contributed by atoms with Crippen molar-refractivity contribution in [2.24, 2.45) is 0 Å². The molecule has 0 radical (unpaired) electrons. The van der Waals surface area contributed by atoms with Gasteiger partial charge in [-0.25, -0.2) is 22.0 Å². The van der Waals surface area contributed by atoms with Gasteiger partial charge in [0, 0.05) is 18.4 Å². The second-order valence-electron chi connectivity index (χ2n) is 4.34.